The van der Waals surface area contributed by atoms with Gasteiger partial charge in [0, 0.05) is 0 Å². The Balaban J connectivity index is -0.000000000333. The fourth-order valence-electron chi connectivity index (χ4n) is 0. The van der Waals surface area contributed by atoms with E-state index in [4.69, 9.17) is 0 Å². The van der Waals surface area contributed by atoms with E-state index in [9.17, 15) is 0 Å². The molecule has 0 aromatic carbocycles. The van der Waals surface area contributed by atoms with Gasteiger partial charge in [-0.25, -0.2) is 0 Å². The molecule has 0 amide bonds. The van der Waals surface area contributed by atoms with Crippen molar-refractivity contribution < 1.29 is 67.8 Å². The molecule has 1 nitrogen and oxygen atoms in total. The van der Waals surface area contributed by atoms with Gasteiger partial charge in [0.25, 0.3) is 0 Å². The molecule has 0 bridgehead atoms. The van der Waals surface area contributed by atoms with Gasteiger partial charge >= 0.3 is 23.9 Å². The SMILES string of the molecule is C[NH3+].[Cl-].[Cl-].[Cl-].[Cl-].[Cl-].[Sn+4]. The van der Waals surface area contributed by atoms with Crippen LogP contribution in [0.4, 0.5) is 0 Å². The molecule has 7 heteroatoms. The molecule has 0 unspecified atom stereocenters. The number of hydrogen-bond donors (Lipinski definition) is 1. The first-order valence-corrected chi connectivity index (χ1v) is 0.707. The fourth-order valence-corrected chi connectivity index (χ4v) is 0. The first-order valence-electron chi connectivity index (χ1n) is 0.707. The Labute approximate surface area is 97.9 Å². The van der Waals surface area contributed by atoms with E-state index >= 15 is 0 Å². The van der Waals surface area contributed by atoms with Crippen molar-refractivity contribution >= 4 is 23.9 Å². The van der Waals surface area contributed by atoms with Gasteiger partial charge in [0.1, 0.15) is 0 Å². The molecule has 0 aliphatic heterocycles. The van der Waals surface area contributed by atoms with Crippen LogP contribution < -0.4 is 67.8 Å². The van der Waals surface area contributed by atoms with Gasteiger partial charge in [-0.15, -0.1) is 0 Å². The molecule has 0 atom stereocenters. The average Bonchev–Trinajstić information content (AvgIpc) is 1.00. The summed E-state index contributed by atoms with van der Waals surface area (Å²) in [5.74, 6) is 0. The number of halogens is 5. The summed E-state index contributed by atoms with van der Waals surface area (Å²) in [6.07, 6.45) is 0. The Bertz CT molecular complexity index is 12.4. The molecule has 0 aromatic rings. The molecule has 0 rings (SSSR count). The van der Waals surface area contributed by atoms with E-state index < -0.39 is 0 Å². The van der Waals surface area contributed by atoms with Gasteiger partial charge in [-0.2, -0.15) is 0 Å². The monoisotopic (exact) mass is 327 g/mol. The van der Waals surface area contributed by atoms with Crippen molar-refractivity contribution in [2.24, 2.45) is 0 Å². The van der Waals surface area contributed by atoms with Gasteiger partial charge in [-0.05, 0) is 0 Å². The molecule has 0 spiro atoms. The normalized spacial score (nSPS) is 0.750. The van der Waals surface area contributed by atoms with Gasteiger partial charge in [-0.1, -0.05) is 0 Å². The van der Waals surface area contributed by atoms with Gasteiger partial charge < -0.3 is 67.8 Å². The standard InChI is InChI=1S/CH5N.5ClH.Sn/c1-2;;;;;;/h2H2,1H3;5*1H;/q;;;;;;+4/p-4. The first kappa shape index (κ1) is 84.1. The second-order valence-corrected chi connectivity index (χ2v) is 0. The van der Waals surface area contributed by atoms with Crippen LogP contribution in [0.2, 0.25) is 0 Å². The van der Waals surface area contributed by atoms with Crippen molar-refractivity contribution in [2.75, 3.05) is 7.05 Å². The summed E-state index contributed by atoms with van der Waals surface area (Å²) in [6, 6.07) is 0. The second-order valence-electron chi connectivity index (χ2n) is 0. The minimum Gasteiger partial charge on any atom is -1.00 e. The van der Waals surface area contributed by atoms with E-state index in [1.54, 1.807) is 7.05 Å². The van der Waals surface area contributed by atoms with Crippen molar-refractivity contribution in [2.45, 2.75) is 0 Å². The number of quaternary nitrogens is 1. The molecular weight excluding hydrogens is 322 g/mol. The molecular formula is CH6Cl5NSn. The largest absolute Gasteiger partial charge is 4.00 e. The molecule has 0 fully saturated rings. The first-order chi connectivity index (χ1) is 1.00. The minimum absolute atomic E-state index is 0. The van der Waals surface area contributed by atoms with Gasteiger partial charge in [0.05, 0.1) is 7.05 Å². The Morgan fingerprint density at radius 2 is 0.625 bits per heavy atom. The van der Waals surface area contributed by atoms with Crippen LogP contribution in [0, 0.1) is 0 Å². The Hall–Kier alpha value is 2.21. The molecule has 0 saturated carbocycles. The smallest absolute Gasteiger partial charge is 1.00 e. The second kappa shape index (κ2) is 127. The summed E-state index contributed by atoms with van der Waals surface area (Å²) in [5, 5.41) is 0. The Kier molecular flexibility index (Phi) is 1340. The zero-order chi connectivity index (χ0) is 2.00. The average molecular weight is 328 g/mol. The molecule has 3 N–H and O–H groups in total. The quantitative estimate of drug-likeness (QED) is 0.428. The van der Waals surface area contributed by atoms with Crippen LogP contribution in [0.15, 0.2) is 0 Å². The van der Waals surface area contributed by atoms with Crippen molar-refractivity contribution in [1.29, 1.82) is 0 Å². The molecule has 54 valence electrons. The van der Waals surface area contributed by atoms with Crippen LogP contribution in [0.25, 0.3) is 0 Å². The third kappa shape index (κ3) is 87.4. The summed E-state index contributed by atoms with van der Waals surface area (Å²) >= 11 is 0. The van der Waals surface area contributed by atoms with Crippen LogP contribution in [0.1, 0.15) is 0 Å². The zero-order valence-electron chi connectivity index (χ0n) is 4.10. The molecule has 0 aliphatic rings. The van der Waals surface area contributed by atoms with Crippen molar-refractivity contribution in [3.63, 3.8) is 0 Å². The molecule has 0 heterocycles. The molecule has 0 saturated heterocycles. The van der Waals surface area contributed by atoms with E-state index in [-0.39, 0.29) is 85.9 Å². The van der Waals surface area contributed by atoms with Crippen LogP contribution in [0.5, 0.6) is 0 Å². The van der Waals surface area contributed by atoms with Crippen LogP contribution in [-0.4, -0.2) is 31.0 Å². The van der Waals surface area contributed by atoms with Crippen LogP contribution in [0.3, 0.4) is 0 Å². The maximum atomic E-state index is 3.25. The predicted octanol–water partition coefficient (Wildman–Crippen LogP) is -16.5. The van der Waals surface area contributed by atoms with Gasteiger partial charge in [-0.3, -0.25) is 0 Å². The topological polar surface area (TPSA) is 27.6 Å². The van der Waals surface area contributed by atoms with Crippen molar-refractivity contribution in [1.82, 2.24) is 0 Å². The fraction of sp³-hybridized carbons (Fsp3) is 1.00. The molecule has 0 radical (unpaired) electrons. The van der Waals surface area contributed by atoms with Gasteiger partial charge in [0.15, 0.2) is 0 Å². The van der Waals surface area contributed by atoms with E-state index in [0.29, 0.717) is 0 Å². The third-order valence-corrected chi connectivity index (χ3v) is 0. The van der Waals surface area contributed by atoms with Crippen molar-refractivity contribution in [3.05, 3.63) is 0 Å². The van der Waals surface area contributed by atoms with E-state index in [1.807, 2.05) is 0 Å². The molecule has 8 heavy (non-hydrogen) atoms. The summed E-state index contributed by atoms with van der Waals surface area (Å²) in [5.41, 5.74) is 3.25. The summed E-state index contributed by atoms with van der Waals surface area (Å²) in [4.78, 5) is 0. The number of rotatable bonds is 0. The number of hydrogen-bond acceptors (Lipinski definition) is 0. The zero-order valence-corrected chi connectivity index (χ0v) is 10.7. The summed E-state index contributed by atoms with van der Waals surface area (Å²) in [6.45, 7) is 0. The minimum atomic E-state index is 0. The third-order valence-electron chi connectivity index (χ3n) is 0. The van der Waals surface area contributed by atoms with Crippen LogP contribution in [-0.2, 0) is 0 Å². The van der Waals surface area contributed by atoms with Crippen molar-refractivity contribution in [3.8, 4) is 0 Å². The Morgan fingerprint density at radius 1 is 0.625 bits per heavy atom. The maximum absolute atomic E-state index is 3.25. The van der Waals surface area contributed by atoms with Gasteiger partial charge in [0.2, 0.25) is 0 Å². The Morgan fingerprint density at radius 3 is 0.625 bits per heavy atom. The van der Waals surface area contributed by atoms with Crippen LogP contribution >= 0.6 is 0 Å². The summed E-state index contributed by atoms with van der Waals surface area (Å²) < 4.78 is 0. The molecule has 0 aromatic heterocycles. The van der Waals surface area contributed by atoms with E-state index in [1.165, 1.54) is 0 Å². The van der Waals surface area contributed by atoms with E-state index in [0.717, 1.165) is 0 Å². The predicted molar refractivity (Wildman–Crippen MR) is 14.6 cm³/mol. The van der Waals surface area contributed by atoms with E-state index in [2.05, 4.69) is 5.73 Å². The maximum Gasteiger partial charge on any atom is 4.00 e. The molecule has 0 aliphatic carbocycles. The summed E-state index contributed by atoms with van der Waals surface area (Å²) in [7, 11) is 1.75.